The molecule has 1 radical (unpaired) electrons. The topological polar surface area (TPSA) is 0 Å². The van der Waals surface area contributed by atoms with Crippen LogP contribution in [0.5, 0.6) is 0 Å². The number of hydrogen-bond acceptors (Lipinski definition) is 1. The summed E-state index contributed by atoms with van der Waals surface area (Å²) < 4.78 is 0. The molecule has 0 heterocycles. The van der Waals surface area contributed by atoms with Crippen molar-refractivity contribution in [2.75, 3.05) is 5.75 Å². The van der Waals surface area contributed by atoms with Gasteiger partial charge in [0.25, 0.3) is 0 Å². The van der Waals surface area contributed by atoms with Crippen molar-refractivity contribution < 1.29 is 0 Å². The fraction of sp³-hybridized carbons (Fsp3) is 0.857. The molecule has 0 fully saturated rings. The molecule has 0 saturated carbocycles. The summed E-state index contributed by atoms with van der Waals surface area (Å²) in [5.41, 5.74) is 0. The number of hydrogen-bond donors (Lipinski definition) is 0. The Hall–Kier alpha value is 0.350. The second-order valence-electron chi connectivity index (χ2n) is 1.80. The zero-order chi connectivity index (χ0) is 6.24. The van der Waals surface area contributed by atoms with Gasteiger partial charge in [-0.05, 0) is 18.6 Å². The Bertz CT molecular complexity index is 29.4. The first-order chi connectivity index (χ1) is 3.91. The van der Waals surface area contributed by atoms with Crippen LogP contribution in [0.2, 0.25) is 0 Å². The van der Waals surface area contributed by atoms with Gasteiger partial charge in [-0.25, -0.2) is 0 Å². The van der Waals surface area contributed by atoms with E-state index in [4.69, 9.17) is 0 Å². The first-order valence-electron chi connectivity index (χ1n) is 3.35. The van der Waals surface area contributed by atoms with Crippen molar-refractivity contribution in [1.82, 2.24) is 0 Å². The summed E-state index contributed by atoms with van der Waals surface area (Å²) in [5, 5.41) is 0. The van der Waals surface area contributed by atoms with E-state index in [0.717, 1.165) is 0 Å². The molecular formula is C7H15S. The molecule has 0 bridgehead atoms. The van der Waals surface area contributed by atoms with Gasteiger partial charge in [-0.1, -0.05) is 20.3 Å². The van der Waals surface area contributed by atoms with E-state index in [9.17, 15) is 0 Å². The Morgan fingerprint density at radius 2 is 2.12 bits per heavy atom. The van der Waals surface area contributed by atoms with Crippen LogP contribution in [0.4, 0.5) is 0 Å². The summed E-state index contributed by atoms with van der Waals surface area (Å²) in [5.74, 6) is 3.58. The molecule has 0 unspecified atom stereocenters. The lowest BCUT2D eigenvalue weighted by molar-refractivity contribution is 0.896. The molecule has 0 rings (SSSR count). The Morgan fingerprint density at radius 1 is 1.38 bits per heavy atom. The highest BCUT2D eigenvalue weighted by Gasteiger charge is 1.83. The molecule has 0 aromatic rings. The molecule has 0 aromatic carbocycles. The van der Waals surface area contributed by atoms with Crippen LogP contribution in [0.15, 0.2) is 0 Å². The van der Waals surface area contributed by atoms with E-state index in [0.29, 0.717) is 0 Å². The third-order valence-electron chi connectivity index (χ3n) is 0.900. The minimum Gasteiger partial charge on any atom is -0.157 e. The lowest BCUT2D eigenvalue weighted by atomic mass is 10.4. The average molecular weight is 131 g/mol. The van der Waals surface area contributed by atoms with Gasteiger partial charge in [0.05, 0.1) is 0 Å². The standard InChI is InChI=1S/C7H15S/c1-3-5-7-8-6-4-2/h6H,3-5,7H2,1-2H3. The molecule has 0 aliphatic rings. The molecule has 1 heteroatoms. The molecule has 0 spiro atoms. The molecule has 0 aliphatic heterocycles. The van der Waals surface area contributed by atoms with Gasteiger partial charge in [-0.3, -0.25) is 0 Å². The lowest BCUT2D eigenvalue weighted by Gasteiger charge is -1.93. The normalized spacial score (nSPS) is 9.75. The second kappa shape index (κ2) is 7.35. The predicted octanol–water partition coefficient (Wildman–Crippen LogP) is 3.09. The van der Waals surface area contributed by atoms with Crippen LogP contribution < -0.4 is 0 Å². The van der Waals surface area contributed by atoms with E-state index < -0.39 is 0 Å². The smallest absolute Gasteiger partial charge is 0.0163 e. The van der Waals surface area contributed by atoms with Crippen molar-refractivity contribution in [2.24, 2.45) is 0 Å². The Balaban J connectivity index is 2.53. The molecule has 0 aromatic heterocycles. The third-order valence-corrected chi connectivity index (χ3v) is 1.99. The van der Waals surface area contributed by atoms with E-state index in [1.807, 2.05) is 11.8 Å². The molecule has 0 aliphatic carbocycles. The van der Waals surface area contributed by atoms with Crippen molar-refractivity contribution in [2.45, 2.75) is 33.1 Å². The fourth-order valence-corrected chi connectivity index (χ4v) is 1.29. The fourth-order valence-electron chi connectivity index (χ4n) is 0.429. The average Bonchev–Trinajstić information content (AvgIpc) is 1.81. The molecule has 49 valence electrons. The van der Waals surface area contributed by atoms with Crippen molar-refractivity contribution in [3.8, 4) is 0 Å². The minimum atomic E-state index is 1.20. The molecule has 8 heavy (non-hydrogen) atoms. The highest BCUT2D eigenvalue weighted by Crippen LogP contribution is 2.09. The zero-order valence-electron chi connectivity index (χ0n) is 5.81. The van der Waals surface area contributed by atoms with Crippen molar-refractivity contribution in [3.05, 3.63) is 5.75 Å². The second-order valence-corrected chi connectivity index (χ2v) is 2.87. The van der Waals surface area contributed by atoms with Crippen molar-refractivity contribution >= 4 is 11.8 Å². The van der Waals surface area contributed by atoms with E-state index in [1.165, 1.54) is 25.0 Å². The lowest BCUT2D eigenvalue weighted by Crippen LogP contribution is -1.74. The summed E-state index contributed by atoms with van der Waals surface area (Å²) in [6.45, 7) is 4.41. The predicted molar refractivity (Wildman–Crippen MR) is 42.0 cm³/mol. The Labute approximate surface area is 57.1 Å². The molecule has 0 N–H and O–H groups in total. The van der Waals surface area contributed by atoms with Gasteiger partial charge >= 0.3 is 0 Å². The van der Waals surface area contributed by atoms with Gasteiger partial charge in [-0.15, -0.1) is 0 Å². The van der Waals surface area contributed by atoms with E-state index in [2.05, 4.69) is 19.6 Å². The quantitative estimate of drug-likeness (QED) is 0.517. The largest absolute Gasteiger partial charge is 0.157 e. The van der Waals surface area contributed by atoms with E-state index in [1.54, 1.807) is 0 Å². The first-order valence-corrected chi connectivity index (χ1v) is 4.40. The molecule has 0 amide bonds. The van der Waals surface area contributed by atoms with E-state index >= 15 is 0 Å². The first kappa shape index (κ1) is 8.35. The summed E-state index contributed by atoms with van der Waals surface area (Å²) in [6.07, 6.45) is 3.89. The molecule has 0 saturated heterocycles. The van der Waals surface area contributed by atoms with Crippen LogP contribution >= 0.6 is 11.8 Å². The SMILES string of the molecule is CC[CH]SCCCC. The van der Waals surface area contributed by atoms with Crippen LogP contribution in [0.3, 0.4) is 0 Å². The van der Waals surface area contributed by atoms with Crippen LogP contribution in [-0.2, 0) is 0 Å². The van der Waals surface area contributed by atoms with Crippen LogP contribution in [0, 0.1) is 5.75 Å². The summed E-state index contributed by atoms with van der Waals surface area (Å²) in [6, 6.07) is 0. The highest BCUT2D eigenvalue weighted by atomic mass is 32.2. The van der Waals surface area contributed by atoms with E-state index in [-0.39, 0.29) is 0 Å². The van der Waals surface area contributed by atoms with Crippen molar-refractivity contribution in [3.63, 3.8) is 0 Å². The van der Waals surface area contributed by atoms with Gasteiger partial charge < -0.3 is 0 Å². The van der Waals surface area contributed by atoms with Crippen LogP contribution in [0.1, 0.15) is 33.1 Å². The van der Waals surface area contributed by atoms with Crippen molar-refractivity contribution in [1.29, 1.82) is 0 Å². The maximum atomic E-state index is 2.27. The van der Waals surface area contributed by atoms with Gasteiger partial charge in [0.1, 0.15) is 0 Å². The van der Waals surface area contributed by atoms with Gasteiger partial charge in [-0.2, -0.15) is 11.8 Å². The van der Waals surface area contributed by atoms with Crippen LogP contribution in [-0.4, -0.2) is 5.75 Å². The van der Waals surface area contributed by atoms with Gasteiger partial charge in [0, 0.05) is 5.75 Å². The molecule has 0 atom stereocenters. The third kappa shape index (κ3) is 6.35. The van der Waals surface area contributed by atoms with Crippen LogP contribution in [0.25, 0.3) is 0 Å². The maximum absolute atomic E-state index is 2.27. The Kier molecular flexibility index (Phi) is 7.67. The zero-order valence-corrected chi connectivity index (χ0v) is 6.63. The number of rotatable bonds is 5. The minimum absolute atomic E-state index is 1.20. The van der Waals surface area contributed by atoms with Gasteiger partial charge in [0.15, 0.2) is 0 Å². The summed E-state index contributed by atoms with van der Waals surface area (Å²) in [4.78, 5) is 0. The summed E-state index contributed by atoms with van der Waals surface area (Å²) >= 11 is 1.95. The number of thioether (sulfide) groups is 1. The number of unbranched alkanes of at least 4 members (excludes halogenated alkanes) is 1. The molecule has 0 nitrogen and oxygen atoms in total. The van der Waals surface area contributed by atoms with Gasteiger partial charge in [0.2, 0.25) is 0 Å². The molecular weight excluding hydrogens is 116 g/mol. The Morgan fingerprint density at radius 3 is 2.62 bits per heavy atom. The maximum Gasteiger partial charge on any atom is 0.0163 e. The summed E-state index contributed by atoms with van der Waals surface area (Å²) in [7, 11) is 0. The highest BCUT2D eigenvalue weighted by molar-refractivity contribution is 8.01. The monoisotopic (exact) mass is 131 g/mol.